The van der Waals surface area contributed by atoms with Crippen LogP contribution in [0.25, 0.3) is 0 Å². The fraction of sp³-hybridized carbons (Fsp3) is 1.00. The van der Waals surface area contributed by atoms with Crippen molar-refractivity contribution in [2.75, 3.05) is 18.2 Å². The van der Waals surface area contributed by atoms with E-state index in [9.17, 15) is 0 Å². The molecule has 0 aromatic carbocycles. The first kappa shape index (κ1) is 10.6. The zero-order valence-corrected chi connectivity index (χ0v) is 7.92. The number of aliphatic hydroxyl groups excluding tert-OH is 1. The summed E-state index contributed by atoms with van der Waals surface area (Å²) in [7, 11) is 0. The van der Waals surface area contributed by atoms with Gasteiger partial charge in [0.2, 0.25) is 0 Å². The average molecular weight is 183 g/mol. The number of hydrogen-bond acceptors (Lipinski definition) is 2. The highest BCUT2D eigenvalue weighted by atomic mass is 35.5. The Morgan fingerprint density at radius 1 is 1.60 bits per heavy atom. The quantitative estimate of drug-likeness (QED) is 0.502. The molecule has 0 aromatic heterocycles. The SMILES string of the molecule is CCCCSC(CO)CCl. The van der Waals surface area contributed by atoms with E-state index in [0.717, 1.165) is 5.75 Å². The van der Waals surface area contributed by atoms with Crippen LogP contribution in [0.1, 0.15) is 19.8 Å². The first-order chi connectivity index (χ1) is 4.85. The first-order valence-corrected chi connectivity index (χ1v) is 5.21. The molecule has 0 fully saturated rings. The second kappa shape index (κ2) is 7.70. The summed E-state index contributed by atoms with van der Waals surface area (Å²) in [5, 5.41) is 8.96. The fourth-order valence-electron chi connectivity index (χ4n) is 0.540. The van der Waals surface area contributed by atoms with Crippen LogP contribution in [0.3, 0.4) is 0 Å². The summed E-state index contributed by atoms with van der Waals surface area (Å²) in [5.74, 6) is 1.68. The Labute approximate surface area is 72.1 Å². The van der Waals surface area contributed by atoms with Gasteiger partial charge in [-0.3, -0.25) is 0 Å². The van der Waals surface area contributed by atoms with Crippen molar-refractivity contribution in [2.24, 2.45) is 0 Å². The highest BCUT2D eigenvalue weighted by Crippen LogP contribution is 2.13. The molecule has 0 rings (SSSR count). The first-order valence-electron chi connectivity index (χ1n) is 3.63. The number of unbranched alkanes of at least 4 members (excludes halogenated alkanes) is 1. The number of alkyl halides is 1. The standard InChI is InChI=1S/C7H15ClOS/c1-2-3-4-10-7(5-8)6-9/h7,9H,2-6H2,1H3. The van der Waals surface area contributed by atoms with Gasteiger partial charge < -0.3 is 5.11 Å². The van der Waals surface area contributed by atoms with E-state index in [2.05, 4.69) is 6.92 Å². The van der Waals surface area contributed by atoms with Crippen LogP contribution in [0.2, 0.25) is 0 Å². The Kier molecular flexibility index (Phi) is 8.17. The summed E-state index contributed by atoms with van der Waals surface area (Å²) in [6, 6.07) is 0. The normalized spacial score (nSPS) is 13.5. The lowest BCUT2D eigenvalue weighted by atomic mass is 10.4. The van der Waals surface area contributed by atoms with Gasteiger partial charge in [-0.05, 0) is 12.2 Å². The Morgan fingerprint density at radius 2 is 2.30 bits per heavy atom. The molecule has 0 saturated carbocycles. The number of aliphatic hydroxyl groups is 1. The Bertz CT molecular complexity index is 66.6. The van der Waals surface area contributed by atoms with E-state index in [4.69, 9.17) is 16.7 Å². The van der Waals surface area contributed by atoms with Gasteiger partial charge in [0, 0.05) is 11.1 Å². The van der Waals surface area contributed by atoms with E-state index in [-0.39, 0.29) is 11.9 Å². The van der Waals surface area contributed by atoms with Crippen LogP contribution in [0, 0.1) is 0 Å². The van der Waals surface area contributed by atoms with Gasteiger partial charge in [0.15, 0.2) is 0 Å². The lowest BCUT2D eigenvalue weighted by Gasteiger charge is -2.08. The van der Waals surface area contributed by atoms with E-state index in [1.54, 1.807) is 11.8 Å². The molecule has 0 heterocycles. The van der Waals surface area contributed by atoms with Gasteiger partial charge in [0.1, 0.15) is 0 Å². The molecule has 0 aliphatic rings. The molecule has 0 aliphatic heterocycles. The summed E-state index contributed by atoms with van der Waals surface area (Å²) >= 11 is 7.33. The lowest BCUT2D eigenvalue weighted by molar-refractivity contribution is 0.301. The number of hydrogen-bond donors (Lipinski definition) is 1. The van der Waals surface area contributed by atoms with Gasteiger partial charge in [-0.25, -0.2) is 0 Å². The molecule has 1 nitrogen and oxygen atoms in total. The lowest BCUT2D eigenvalue weighted by Crippen LogP contribution is -2.10. The average Bonchev–Trinajstić information content (AvgIpc) is 1.99. The maximum atomic E-state index is 8.72. The smallest absolute Gasteiger partial charge is 0.0561 e. The maximum absolute atomic E-state index is 8.72. The van der Waals surface area contributed by atoms with Gasteiger partial charge in [-0.2, -0.15) is 11.8 Å². The van der Waals surface area contributed by atoms with Crippen LogP contribution in [-0.2, 0) is 0 Å². The summed E-state index contributed by atoms with van der Waals surface area (Å²) in [6.07, 6.45) is 2.44. The second-order valence-electron chi connectivity index (χ2n) is 2.18. The van der Waals surface area contributed by atoms with Crippen molar-refractivity contribution in [3.8, 4) is 0 Å². The van der Waals surface area contributed by atoms with Crippen LogP contribution < -0.4 is 0 Å². The molecule has 0 aromatic rings. The largest absolute Gasteiger partial charge is 0.395 e. The molecule has 62 valence electrons. The molecule has 1 atom stereocenters. The molecule has 0 amide bonds. The number of rotatable bonds is 6. The Balaban J connectivity index is 3.09. The van der Waals surface area contributed by atoms with Crippen molar-refractivity contribution in [1.29, 1.82) is 0 Å². The van der Waals surface area contributed by atoms with Crippen molar-refractivity contribution in [1.82, 2.24) is 0 Å². The van der Waals surface area contributed by atoms with Crippen molar-refractivity contribution >= 4 is 23.4 Å². The van der Waals surface area contributed by atoms with Crippen molar-refractivity contribution in [3.63, 3.8) is 0 Å². The zero-order chi connectivity index (χ0) is 7.82. The molecule has 0 radical (unpaired) electrons. The topological polar surface area (TPSA) is 20.2 Å². The predicted octanol–water partition coefficient (Wildman–Crippen LogP) is 2.12. The van der Waals surface area contributed by atoms with Crippen molar-refractivity contribution in [2.45, 2.75) is 25.0 Å². The summed E-state index contributed by atoms with van der Waals surface area (Å²) in [5.41, 5.74) is 0. The number of thioether (sulfide) groups is 1. The van der Waals surface area contributed by atoms with Crippen LogP contribution in [-0.4, -0.2) is 28.6 Å². The highest BCUT2D eigenvalue weighted by molar-refractivity contribution is 8.00. The van der Waals surface area contributed by atoms with Crippen LogP contribution in [0.5, 0.6) is 0 Å². The molecule has 0 saturated heterocycles. The molecule has 3 heteroatoms. The molecule has 1 N–H and O–H groups in total. The highest BCUT2D eigenvalue weighted by Gasteiger charge is 2.03. The summed E-state index contributed by atoms with van der Waals surface area (Å²) in [4.78, 5) is 0. The summed E-state index contributed by atoms with van der Waals surface area (Å²) in [6.45, 7) is 2.37. The Morgan fingerprint density at radius 3 is 2.70 bits per heavy atom. The molecule has 0 spiro atoms. The molecule has 10 heavy (non-hydrogen) atoms. The van der Waals surface area contributed by atoms with Crippen LogP contribution >= 0.6 is 23.4 Å². The predicted molar refractivity (Wildman–Crippen MR) is 49.0 cm³/mol. The molecule has 1 unspecified atom stereocenters. The third-order valence-corrected chi connectivity index (χ3v) is 3.09. The van der Waals surface area contributed by atoms with E-state index in [1.165, 1.54) is 12.8 Å². The molecular weight excluding hydrogens is 168 g/mol. The van der Waals surface area contributed by atoms with Gasteiger partial charge in [0.05, 0.1) is 6.61 Å². The van der Waals surface area contributed by atoms with Crippen molar-refractivity contribution in [3.05, 3.63) is 0 Å². The third kappa shape index (κ3) is 5.39. The Hall–Kier alpha value is 0.600. The van der Waals surface area contributed by atoms with Gasteiger partial charge >= 0.3 is 0 Å². The third-order valence-electron chi connectivity index (χ3n) is 1.23. The van der Waals surface area contributed by atoms with E-state index < -0.39 is 0 Å². The monoisotopic (exact) mass is 182 g/mol. The van der Waals surface area contributed by atoms with Crippen LogP contribution in [0.15, 0.2) is 0 Å². The molecular formula is C7H15ClOS. The number of halogens is 1. The molecule has 0 bridgehead atoms. The van der Waals surface area contributed by atoms with Crippen molar-refractivity contribution < 1.29 is 5.11 Å². The van der Waals surface area contributed by atoms with Gasteiger partial charge in [-0.15, -0.1) is 11.6 Å². The summed E-state index contributed by atoms with van der Waals surface area (Å²) < 4.78 is 0. The minimum absolute atomic E-state index is 0.206. The van der Waals surface area contributed by atoms with Crippen LogP contribution in [0.4, 0.5) is 0 Å². The molecule has 0 aliphatic carbocycles. The zero-order valence-electron chi connectivity index (χ0n) is 6.35. The van der Waals surface area contributed by atoms with E-state index >= 15 is 0 Å². The fourth-order valence-corrected chi connectivity index (χ4v) is 1.89. The second-order valence-corrected chi connectivity index (χ2v) is 3.90. The maximum Gasteiger partial charge on any atom is 0.0561 e. The van der Waals surface area contributed by atoms with E-state index in [1.807, 2.05) is 0 Å². The minimum atomic E-state index is 0.206. The van der Waals surface area contributed by atoms with E-state index in [0.29, 0.717) is 5.88 Å². The minimum Gasteiger partial charge on any atom is -0.395 e. The van der Waals surface area contributed by atoms with Gasteiger partial charge in [-0.1, -0.05) is 13.3 Å². The van der Waals surface area contributed by atoms with Gasteiger partial charge in [0.25, 0.3) is 0 Å².